The maximum Gasteiger partial charge on any atom is 0.281 e. The van der Waals surface area contributed by atoms with Gasteiger partial charge in [0, 0.05) is 18.9 Å². The lowest BCUT2D eigenvalue weighted by Crippen LogP contribution is -2.21. The molecule has 0 fully saturated rings. The van der Waals surface area contributed by atoms with E-state index in [9.17, 15) is 4.79 Å². The molecule has 0 radical (unpaired) electrons. The van der Waals surface area contributed by atoms with Crippen molar-refractivity contribution in [2.75, 3.05) is 0 Å². The van der Waals surface area contributed by atoms with E-state index in [1.165, 1.54) is 23.3 Å². The third kappa shape index (κ3) is 2.47. The van der Waals surface area contributed by atoms with Crippen LogP contribution in [0.5, 0.6) is 0 Å². The average Bonchev–Trinajstić information content (AvgIpc) is 2.51. The molecule has 0 saturated carbocycles. The minimum Gasteiger partial charge on any atom is -0.293 e. The Morgan fingerprint density at radius 2 is 1.85 bits per heavy atom. The normalized spacial score (nSPS) is 11.2. The van der Waals surface area contributed by atoms with E-state index < -0.39 is 0 Å². The van der Waals surface area contributed by atoms with Gasteiger partial charge >= 0.3 is 0 Å². The molecule has 0 saturated heterocycles. The van der Waals surface area contributed by atoms with Gasteiger partial charge in [-0.2, -0.15) is 0 Å². The van der Waals surface area contributed by atoms with E-state index in [1.54, 1.807) is 0 Å². The van der Waals surface area contributed by atoms with Crippen LogP contribution in [0.15, 0.2) is 59.9 Å². The Kier molecular flexibility index (Phi) is 3.33. The van der Waals surface area contributed by atoms with E-state index in [0.29, 0.717) is 17.7 Å². The maximum absolute atomic E-state index is 12.2. The first kappa shape index (κ1) is 12.2. The van der Waals surface area contributed by atoms with Crippen molar-refractivity contribution in [1.29, 1.82) is 0 Å². The second kappa shape index (κ2) is 5.44. The van der Waals surface area contributed by atoms with Gasteiger partial charge in [-0.15, -0.1) is 0 Å². The first-order chi connectivity index (χ1) is 9.84. The molecular formula is C15H12N4O. The topological polar surface area (TPSA) is 60.7 Å². The number of aromatic nitrogens is 4. The van der Waals surface area contributed by atoms with Crippen molar-refractivity contribution < 1.29 is 0 Å². The minimum absolute atomic E-state index is 0.180. The van der Waals surface area contributed by atoms with Crippen LogP contribution in [0.25, 0.3) is 17.2 Å². The molecule has 98 valence electrons. The van der Waals surface area contributed by atoms with E-state index in [4.69, 9.17) is 0 Å². The van der Waals surface area contributed by atoms with Gasteiger partial charge in [-0.05, 0) is 5.56 Å². The summed E-state index contributed by atoms with van der Waals surface area (Å²) in [6.45, 7) is 0.452. The molecule has 20 heavy (non-hydrogen) atoms. The van der Waals surface area contributed by atoms with E-state index in [-0.39, 0.29) is 5.56 Å². The summed E-state index contributed by atoms with van der Waals surface area (Å²) in [4.78, 5) is 24.3. The summed E-state index contributed by atoms with van der Waals surface area (Å²) < 4.78 is 1.51. The SMILES string of the molecule is O=c1c2nccnc2ncn1CC=Cc1ccccc1. The average molecular weight is 264 g/mol. The zero-order valence-electron chi connectivity index (χ0n) is 10.7. The van der Waals surface area contributed by atoms with Gasteiger partial charge in [0.1, 0.15) is 6.33 Å². The zero-order valence-corrected chi connectivity index (χ0v) is 10.7. The number of hydrogen-bond acceptors (Lipinski definition) is 4. The molecule has 5 heteroatoms. The van der Waals surface area contributed by atoms with Crippen LogP contribution >= 0.6 is 0 Å². The van der Waals surface area contributed by atoms with Crippen LogP contribution in [0.3, 0.4) is 0 Å². The molecule has 0 N–H and O–H groups in total. The first-order valence-electron chi connectivity index (χ1n) is 6.22. The Hall–Kier alpha value is -2.82. The highest BCUT2D eigenvalue weighted by Gasteiger charge is 2.03. The molecule has 0 bridgehead atoms. The molecular weight excluding hydrogens is 252 g/mol. The molecule has 0 aliphatic rings. The fourth-order valence-electron chi connectivity index (χ4n) is 1.89. The van der Waals surface area contributed by atoms with Gasteiger partial charge in [-0.1, -0.05) is 42.5 Å². The van der Waals surface area contributed by atoms with Gasteiger partial charge in [-0.25, -0.2) is 15.0 Å². The number of allylic oxidation sites excluding steroid dienone is 1. The number of fused-ring (bicyclic) bond motifs is 1. The summed E-state index contributed by atoms with van der Waals surface area (Å²) in [6, 6.07) is 9.92. The molecule has 3 rings (SSSR count). The molecule has 2 heterocycles. The van der Waals surface area contributed by atoms with Gasteiger partial charge in [0.25, 0.3) is 5.56 Å². The monoisotopic (exact) mass is 264 g/mol. The Labute approximate surface area is 115 Å². The highest BCUT2D eigenvalue weighted by molar-refractivity contribution is 5.66. The van der Waals surface area contributed by atoms with Gasteiger partial charge < -0.3 is 0 Å². The molecule has 0 aliphatic carbocycles. The smallest absolute Gasteiger partial charge is 0.281 e. The molecule has 5 nitrogen and oxygen atoms in total. The van der Waals surface area contributed by atoms with Gasteiger partial charge in [0.2, 0.25) is 0 Å². The predicted octanol–water partition coefficient (Wildman–Crippen LogP) is 1.90. The molecule has 0 spiro atoms. The van der Waals surface area contributed by atoms with Crippen LogP contribution in [0.2, 0.25) is 0 Å². The summed E-state index contributed by atoms with van der Waals surface area (Å²) in [6.07, 6.45) is 8.40. The minimum atomic E-state index is -0.180. The van der Waals surface area contributed by atoms with Crippen molar-refractivity contribution in [2.24, 2.45) is 0 Å². The van der Waals surface area contributed by atoms with Crippen molar-refractivity contribution in [1.82, 2.24) is 19.5 Å². The van der Waals surface area contributed by atoms with E-state index in [1.807, 2.05) is 42.5 Å². The quantitative estimate of drug-likeness (QED) is 0.725. The standard InChI is InChI=1S/C15H12N4O/c20-15-13-14(17-9-8-16-13)18-11-19(15)10-4-7-12-5-2-1-3-6-12/h1-9,11H,10H2. The molecule has 2 aromatic heterocycles. The number of benzene rings is 1. The van der Waals surface area contributed by atoms with Crippen LogP contribution in [0.4, 0.5) is 0 Å². The van der Waals surface area contributed by atoms with Crippen molar-refractivity contribution in [3.05, 3.63) is 71.0 Å². The molecule has 1 aromatic carbocycles. The zero-order chi connectivity index (χ0) is 13.8. The van der Waals surface area contributed by atoms with Gasteiger partial charge in [0.05, 0.1) is 0 Å². The van der Waals surface area contributed by atoms with E-state index in [0.717, 1.165) is 5.56 Å². The van der Waals surface area contributed by atoms with E-state index >= 15 is 0 Å². The molecule has 0 atom stereocenters. The molecule has 0 aliphatic heterocycles. The molecule has 0 amide bonds. The number of rotatable bonds is 3. The van der Waals surface area contributed by atoms with Gasteiger partial charge in [0.15, 0.2) is 11.2 Å². The summed E-state index contributed by atoms with van der Waals surface area (Å²) in [5, 5.41) is 0. The maximum atomic E-state index is 12.2. The van der Waals surface area contributed by atoms with Gasteiger partial charge in [-0.3, -0.25) is 9.36 Å². The highest BCUT2D eigenvalue weighted by Crippen LogP contribution is 2.01. The van der Waals surface area contributed by atoms with E-state index in [2.05, 4.69) is 15.0 Å². The Balaban J connectivity index is 1.87. The van der Waals surface area contributed by atoms with Crippen molar-refractivity contribution in [2.45, 2.75) is 6.54 Å². The Morgan fingerprint density at radius 3 is 2.70 bits per heavy atom. The van der Waals surface area contributed by atoms with Crippen molar-refractivity contribution in [3.63, 3.8) is 0 Å². The van der Waals surface area contributed by atoms with Crippen LogP contribution in [-0.4, -0.2) is 19.5 Å². The molecule has 0 unspecified atom stereocenters. The van der Waals surface area contributed by atoms with Crippen LogP contribution in [-0.2, 0) is 6.54 Å². The second-order valence-corrected chi connectivity index (χ2v) is 4.24. The molecule has 3 aromatic rings. The number of nitrogens with zero attached hydrogens (tertiary/aromatic N) is 4. The van der Waals surface area contributed by atoms with Crippen LogP contribution < -0.4 is 5.56 Å². The largest absolute Gasteiger partial charge is 0.293 e. The summed E-state index contributed by atoms with van der Waals surface area (Å²) >= 11 is 0. The fraction of sp³-hybridized carbons (Fsp3) is 0.0667. The first-order valence-corrected chi connectivity index (χ1v) is 6.22. The highest BCUT2D eigenvalue weighted by atomic mass is 16.1. The second-order valence-electron chi connectivity index (χ2n) is 4.24. The lowest BCUT2D eigenvalue weighted by Gasteiger charge is -2.02. The Bertz CT molecular complexity index is 809. The Morgan fingerprint density at radius 1 is 1.05 bits per heavy atom. The summed E-state index contributed by atoms with van der Waals surface area (Å²) in [5.41, 5.74) is 1.58. The lowest BCUT2D eigenvalue weighted by molar-refractivity contribution is 0.763. The summed E-state index contributed by atoms with van der Waals surface area (Å²) in [7, 11) is 0. The van der Waals surface area contributed by atoms with Crippen molar-refractivity contribution >= 4 is 17.2 Å². The third-order valence-electron chi connectivity index (χ3n) is 2.87. The lowest BCUT2D eigenvalue weighted by atomic mass is 10.2. The van der Waals surface area contributed by atoms with Crippen LogP contribution in [0.1, 0.15) is 5.56 Å². The van der Waals surface area contributed by atoms with Crippen molar-refractivity contribution in [3.8, 4) is 0 Å². The predicted molar refractivity (Wildman–Crippen MR) is 77.1 cm³/mol. The summed E-state index contributed by atoms with van der Waals surface area (Å²) in [5.74, 6) is 0. The number of hydrogen-bond donors (Lipinski definition) is 0. The third-order valence-corrected chi connectivity index (χ3v) is 2.87. The van der Waals surface area contributed by atoms with Crippen LogP contribution in [0, 0.1) is 0 Å². The fourth-order valence-corrected chi connectivity index (χ4v) is 1.89.